The zero-order chi connectivity index (χ0) is 14.0. The summed E-state index contributed by atoms with van der Waals surface area (Å²) in [6, 6.07) is 4.69. The number of anilines is 1. The molecule has 5 nitrogen and oxygen atoms in total. The van der Waals surface area contributed by atoms with Crippen LogP contribution in [0.3, 0.4) is 0 Å². The lowest BCUT2D eigenvalue weighted by atomic mass is 10.2. The van der Waals surface area contributed by atoms with Crippen molar-refractivity contribution in [2.24, 2.45) is 0 Å². The van der Waals surface area contributed by atoms with Crippen LogP contribution in [-0.2, 0) is 14.3 Å². The number of hydrogen-bond acceptors (Lipinski definition) is 3. The number of carboxylic acids is 1. The van der Waals surface area contributed by atoms with Gasteiger partial charge in [-0.05, 0) is 31.0 Å². The smallest absolute Gasteiger partial charge is 0.332 e. The van der Waals surface area contributed by atoms with E-state index < -0.39 is 18.2 Å². The summed E-state index contributed by atoms with van der Waals surface area (Å²) in [6.45, 7) is 0. The minimum absolute atomic E-state index is 0.328. The molecule has 1 saturated heterocycles. The molecule has 0 aromatic heterocycles. The number of rotatable bonds is 3. The highest BCUT2D eigenvalue weighted by Gasteiger charge is 2.34. The number of aliphatic carboxylic acids is 1. The summed E-state index contributed by atoms with van der Waals surface area (Å²) in [5, 5.41) is 12.1. The zero-order valence-electron chi connectivity index (χ0n) is 9.73. The Kier molecular flexibility index (Phi) is 4.29. The number of hydrogen-bond donors (Lipinski definition) is 2. The molecule has 1 aromatic carbocycles. The van der Waals surface area contributed by atoms with Gasteiger partial charge in [-0.25, -0.2) is 4.79 Å². The average Bonchev–Trinajstić information content (AvgIpc) is 2.83. The molecule has 1 aliphatic rings. The van der Waals surface area contributed by atoms with E-state index in [1.54, 1.807) is 12.1 Å². The van der Waals surface area contributed by atoms with Crippen LogP contribution in [-0.4, -0.2) is 29.2 Å². The van der Waals surface area contributed by atoms with Gasteiger partial charge in [-0.1, -0.05) is 23.2 Å². The van der Waals surface area contributed by atoms with Gasteiger partial charge >= 0.3 is 5.97 Å². The SMILES string of the molecule is O=C(Nc1ccc(Cl)c(Cl)c1)[C@@H]1CC[C@H](C(=O)O)O1. The number of nitrogens with one attached hydrogen (secondary N) is 1. The number of carboxylic acid groups (broad SMARTS) is 1. The first-order valence-electron chi connectivity index (χ1n) is 5.61. The lowest BCUT2D eigenvalue weighted by Crippen LogP contribution is -2.29. The Morgan fingerprint density at radius 2 is 1.89 bits per heavy atom. The molecule has 2 rings (SSSR count). The standard InChI is InChI=1S/C12H11Cl2NO4/c13-7-2-1-6(5-8(7)14)15-11(16)9-3-4-10(19-9)12(17)18/h1-2,5,9-10H,3-4H2,(H,15,16)(H,17,18)/t9-,10+/m0/s1. The van der Waals surface area contributed by atoms with Gasteiger partial charge in [0.15, 0.2) is 6.10 Å². The monoisotopic (exact) mass is 303 g/mol. The molecule has 1 heterocycles. The van der Waals surface area contributed by atoms with E-state index in [0.717, 1.165) is 0 Å². The third kappa shape index (κ3) is 3.37. The molecular formula is C12H11Cl2NO4. The van der Waals surface area contributed by atoms with Gasteiger partial charge in [0, 0.05) is 5.69 Å². The summed E-state index contributed by atoms with van der Waals surface area (Å²) in [5.41, 5.74) is 0.488. The van der Waals surface area contributed by atoms with Crippen molar-refractivity contribution in [3.8, 4) is 0 Å². The van der Waals surface area contributed by atoms with Crippen molar-refractivity contribution in [2.75, 3.05) is 5.32 Å². The highest BCUT2D eigenvalue weighted by molar-refractivity contribution is 6.42. The second-order valence-corrected chi connectivity index (χ2v) is 4.96. The van der Waals surface area contributed by atoms with Gasteiger partial charge in [0.2, 0.25) is 0 Å². The second kappa shape index (κ2) is 5.77. The Bertz CT molecular complexity index is 520. The Hall–Kier alpha value is -1.30. The van der Waals surface area contributed by atoms with E-state index in [2.05, 4.69) is 5.32 Å². The first-order chi connectivity index (χ1) is 8.97. The molecular weight excluding hydrogens is 293 g/mol. The van der Waals surface area contributed by atoms with Crippen LogP contribution in [0.25, 0.3) is 0 Å². The minimum atomic E-state index is -1.05. The van der Waals surface area contributed by atoms with E-state index in [-0.39, 0.29) is 5.91 Å². The molecule has 1 amide bonds. The van der Waals surface area contributed by atoms with Crippen LogP contribution in [0.4, 0.5) is 5.69 Å². The van der Waals surface area contributed by atoms with Gasteiger partial charge in [-0.3, -0.25) is 4.79 Å². The number of carbonyl (C=O) groups excluding carboxylic acids is 1. The van der Waals surface area contributed by atoms with Crippen molar-refractivity contribution in [1.82, 2.24) is 0 Å². The van der Waals surface area contributed by atoms with Crippen molar-refractivity contribution < 1.29 is 19.4 Å². The van der Waals surface area contributed by atoms with Gasteiger partial charge < -0.3 is 15.2 Å². The summed E-state index contributed by atoms with van der Waals surface area (Å²) in [7, 11) is 0. The van der Waals surface area contributed by atoms with Gasteiger partial charge in [0.25, 0.3) is 5.91 Å². The van der Waals surface area contributed by atoms with Crippen LogP contribution in [0.15, 0.2) is 18.2 Å². The summed E-state index contributed by atoms with van der Waals surface area (Å²) < 4.78 is 5.14. The van der Waals surface area contributed by atoms with E-state index in [9.17, 15) is 9.59 Å². The van der Waals surface area contributed by atoms with Crippen molar-refractivity contribution in [3.05, 3.63) is 28.2 Å². The molecule has 102 valence electrons. The van der Waals surface area contributed by atoms with Gasteiger partial charge in [-0.15, -0.1) is 0 Å². The van der Waals surface area contributed by atoms with Crippen molar-refractivity contribution in [1.29, 1.82) is 0 Å². The van der Waals surface area contributed by atoms with Crippen LogP contribution in [0.1, 0.15) is 12.8 Å². The fraction of sp³-hybridized carbons (Fsp3) is 0.333. The molecule has 1 fully saturated rings. The van der Waals surface area contributed by atoms with Crippen LogP contribution in [0, 0.1) is 0 Å². The van der Waals surface area contributed by atoms with E-state index >= 15 is 0 Å². The Balaban J connectivity index is 1.98. The molecule has 0 saturated carbocycles. The Morgan fingerprint density at radius 1 is 1.21 bits per heavy atom. The van der Waals surface area contributed by atoms with Crippen molar-refractivity contribution in [2.45, 2.75) is 25.0 Å². The quantitative estimate of drug-likeness (QED) is 0.900. The van der Waals surface area contributed by atoms with Crippen LogP contribution < -0.4 is 5.32 Å². The van der Waals surface area contributed by atoms with Crippen molar-refractivity contribution >= 4 is 40.8 Å². The van der Waals surface area contributed by atoms with Crippen molar-refractivity contribution in [3.63, 3.8) is 0 Å². The van der Waals surface area contributed by atoms with E-state index in [0.29, 0.717) is 28.6 Å². The highest BCUT2D eigenvalue weighted by Crippen LogP contribution is 2.26. The predicted molar refractivity (Wildman–Crippen MR) is 70.6 cm³/mol. The van der Waals surface area contributed by atoms with Crippen LogP contribution in [0.2, 0.25) is 10.0 Å². The maximum absolute atomic E-state index is 11.9. The lowest BCUT2D eigenvalue weighted by molar-refractivity contribution is -0.150. The van der Waals surface area contributed by atoms with E-state index in [1.807, 2.05) is 0 Å². The van der Waals surface area contributed by atoms with Gasteiger partial charge in [0.1, 0.15) is 6.10 Å². The third-order valence-electron chi connectivity index (χ3n) is 2.77. The zero-order valence-corrected chi connectivity index (χ0v) is 11.2. The lowest BCUT2D eigenvalue weighted by Gasteiger charge is -2.12. The van der Waals surface area contributed by atoms with Gasteiger partial charge in [-0.2, -0.15) is 0 Å². The number of amides is 1. The molecule has 7 heteroatoms. The maximum atomic E-state index is 11.9. The molecule has 0 unspecified atom stereocenters. The first-order valence-corrected chi connectivity index (χ1v) is 6.37. The largest absolute Gasteiger partial charge is 0.479 e. The Morgan fingerprint density at radius 3 is 2.47 bits per heavy atom. The summed E-state index contributed by atoms with van der Waals surface area (Å²) in [4.78, 5) is 22.6. The summed E-state index contributed by atoms with van der Waals surface area (Å²) >= 11 is 11.6. The average molecular weight is 304 g/mol. The summed E-state index contributed by atoms with van der Waals surface area (Å²) in [5.74, 6) is -1.44. The normalized spacial score (nSPS) is 22.2. The molecule has 0 aliphatic carbocycles. The molecule has 19 heavy (non-hydrogen) atoms. The molecule has 1 aliphatic heterocycles. The van der Waals surface area contributed by atoms with E-state index in [4.69, 9.17) is 33.0 Å². The number of halogens is 2. The second-order valence-electron chi connectivity index (χ2n) is 4.15. The maximum Gasteiger partial charge on any atom is 0.332 e. The topological polar surface area (TPSA) is 75.6 Å². The Labute approximate surface area is 119 Å². The fourth-order valence-electron chi connectivity index (χ4n) is 1.81. The number of carbonyl (C=O) groups is 2. The van der Waals surface area contributed by atoms with Gasteiger partial charge in [0.05, 0.1) is 10.0 Å². The molecule has 2 atom stereocenters. The molecule has 1 aromatic rings. The van der Waals surface area contributed by atoms with Crippen LogP contribution in [0.5, 0.6) is 0 Å². The fourth-order valence-corrected chi connectivity index (χ4v) is 2.11. The van der Waals surface area contributed by atoms with E-state index in [1.165, 1.54) is 6.07 Å². The molecule has 0 bridgehead atoms. The molecule has 0 radical (unpaired) electrons. The minimum Gasteiger partial charge on any atom is -0.479 e. The number of ether oxygens (including phenoxy) is 1. The third-order valence-corrected chi connectivity index (χ3v) is 3.51. The summed E-state index contributed by atoms with van der Waals surface area (Å²) in [6.07, 6.45) is -0.959. The molecule has 2 N–H and O–H groups in total. The highest BCUT2D eigenvalue weighted by atomic mass is 35.5. The first kappa shape index (κ1) is 14.1. The van der Waals surface area contributed by atoms with Crippen LogP contribution >= 0.6 is 23.2 Å². The number of benzene rings is 1. The molecule has 0 spiro atoms. The predicted octanol–water partition coefficient (Wildman–Crippen LogP) is 2.56.